The molecule has 0 atom stereocenters. The summed E-state index contributed by atoms with van der Waals surface area (Å²) in [6.45, 7) is 5.88. The van der Waals surface area contributed by atoms with Crippen LogP contribution in [-0.4, -0.2) is 51.8 Å². The molecule has 1 aromatic heterocycles. The average molecular weight is 387 g/mol. The molecule has 1 aromatic carbocycles. The first-order valence-corrected chi connectivity index (χ1v) is 9.91. The summed E-state index contributed by atoms with van der Waals surface area (Å²) < 4.78 is 21.0. The fraction of sp³-hybridized carbons (Fsp3) is 0.550. The van der Waals surface area contributed by atoms with Crippen molar-refractivity contribution in [3.63, 3.8) is 0 Å². The Kier molecular flexibility index (Phi) is 5.45. The van der Waals surface area contributed by atoms with Gasteiger partial charge in [0.2, 0.25) is 11.9 Å². The molecule has 2 fully saturated rings. The zero-order valence-electron chi connectivity index (χ0n) is 16.2. The van der Waals surface area contributed by atoms with Crippen molar-refractivity contribution in [1.82, 2.24) is 19.7 Å². The Bertz CT molecular complexity index is 819. The second kappa shape index (κ2) is 8.16. The first-order chi connectivity index (χ1) is 13.6. The monoisotopic (exact) mass is 387 g/mol. The summed E-state index contributed by atoms with van der Waals surface area (Å²) in [5.41, 5.74) is 0. The van der Waals surface area contributed by atoms with Crippen molar-refractivity contribution in [3.8, 4) is 5.75 Å². The van der Waals surface area contributed by atoms with Crippen LogP contribution in [0.15, 0.2) is 24.3 Å². The number of anilines is 1. The van der Waals surface area contributed by atoms with Gasteiger partial charge in [-0.2, -0.15) is 0 Å². The smallest absolute Gasteiger partial charge is 0.227 e. The molecule has 0 unspecified atom stereocenters. The van der Waals surface area contributed by atoms with Crippen LogP contribution in [0.25, 0.3) is 0 Å². The van der Waals surface area contributed by atoms with Gasteiger partial charge in [-0.25, -0.2) is 4.39 Å². The lowest BCUT2D eigenvalue weighted by Gasteiger charge is -2.23. The molecule has 8 heteroatoms. The highest BCUT2D eigenvalue weighted by Crippen LogP contribution is 2.32. The molecule has 1 amide bonds. The van der Waals surface area contributed by atoms with Crippen molar-refractivity contribution < 1.29 is 13.9 Å². The van der Waals surface area contributed by atoms with E-state index in [0.29, 0.717) is 24.8 Å². The van der Waals surface area contributed by atoms with Gasteiger partial charge in [-0.15, -0.1) is 10.2 Å². The molecule has 1 aliphatic heterocycles. The molecule has 7 nitrogen and oxygen atoms in total. The molecule has 1 saturated carbocycles. The third kappa shape index (κ3) is 4.43. The van der Waals surface area contributed by atoms with Gasteiger partial charge < -0.3 is 14.5 Å². The number of ether oxygens (including phenoxy) is 1. The summed E-state index contributed by atoms with van der Waals surface area (Å²) in [6, 6.07) is 5.99. The third-order valence-corrected chi connectivity index (χ3v) is 5.35. The first kappa shape index (κ1) is 18.7. The van der Waals surface area contributed by atoms with Crippen LogP contribution in [0.5, 0.6) is 5.75 Å². The Labute approximate surface area is 164 Å². The first-order valence-electron chi connectivity index (χ1n) is 9.91. The lowest BCUT2D eigenvalue weighted by atomic mass is 10.3. The second-order valence-corrected chi connectivity index (χ2v) is 7.56. The lowest BCUT2D eigenvalue weighted by molar-refractivity contribution is -0.128. The van der Waals surface area contributed by atoms with Crippen LogP contribution in [0.3, 0.4) is 0 Å². The largest absolute Gasteiger partial charge is 0.486 e. The predicted octanol–water partition coefficient (Wildman–Crippen LogP) is 2.46. The van der Waals surface area contributed by atoms with Crippen molar-refractivity contribution >= 4 is 11.9 Å². The number of aromatic nitrogens is 3. The number of benzene rings is 1. The van der Waals surface area contributed by atoms with Crippen LogP contribution in [0.2, 0.25) is 0 Å². The molecule has 1 saturated heterocycles. The molecule has 1 aliphatic carbocycles. The summed E-state index contributed by atoms with van der Waals surface area (Å²) >= 11 is 0. The standard InChI is InChI=1S/C20H26FN5O2/c1-15(27)24-9-2-10-25(12-11-24)20-23-22-19(26(20)13-16-3-4-16)14-28-18-7-5-17(21)6-8-18/h5-8,16H,2-4,9-14H2,1H3. The molecular formula is C20H26FN5O2. The minimum absolute atomic E-state index is 0.120. The molecule has 150 valence electrons. The fourth-order valence-electron chi connectivity index (χ4n) is 3.52. The van der Waals surface area contributed by atoms with E-state index in [-0.39, 0.29) is 11.7 Å². The second-order valence-electron chi connectivity index (χ2n) is 7.56. The van der Waals surface area contributed by atoms with Crippen LogP contribution in [-0.2, 0) is 17.9 Å². The number of halogens is 1. The van der Waals surface area contributed by atoms with Crippen molar-refractivity contribution in [2.75, 3.05) is 31.1 Å². The molecule has 28 heavy (non-hydrogen) atoms. The molecule has 0 spiro atoms. The number of carbonyl (C=O) groups is 1. The predicted molar refractivity (Wildman–Crippen MR) is 103 cm³/mol. The summed E-state index contributed by atoms with van der Waals surface area (Å²) in [4.78, 5) is 15.8. The molecule has 2 aromatic rings. The molecular weight excluding hydrogens is 361 g/mol. The van der Waals surface area contributed by atoms with Gasteiger partial charge >= 0.3 is 0 Å². The summed E-state index contributed by atoms with van der Waals surface area (Å²) in [7, 11) is 0. The van der Waals surface area contributed by atoms with Gasteiger partial charge in [-0.3, -0.25) is 9.36 Å². The summed E-state index contributed by atoms with van der Waals surface area (Å²) in [5.74, 6) is 2.74. The molecule has 2 aliphatic rings. The quantitative estimate of drug-likeness (QED) is 0.762. The Hall–Kier alpha value is -2.64. The molecule has 0 N–H and O–H groups in total. The van der Waals surface area contributed by atoms with E-state index in [0.717, 1.165) is 44.4 Å². The maximum atomic E-state index is 13.1. The highest BCUT2D eigenvalue weighted by molar-refractivity contribution is 5.73. The SMILES string of the molecule is CC(=O)N1CCCN(c2nnc(COc3ccc(F)cc3)n2CC2CC2)CC1. The van der Waals surface area contributed by atoms with Gasteiger partial charge in [0.25, 0.3) is 0 Å². The Balaban J connectivity index is 1.49. The van der Waals surface area contributed by atoms with Gasteiger partial charge in [-0.1, -0.05) is 0 Å². The minimum atomic E-state index is -0.285. The highest BCUT2D eigenvalue weighted by atomic mass is 19.1. The molecule has 2 heterocycles. The summed E-state index contributed by atoms with van der Waals surface area (Å²) in [5, 5.41) is 8.84. The van der Waals surface area contributed by atoms with E-state index in [9.17, 15) is 9.18 Å². The van der Waals surface area contributed by atoms with Crippen LogP contribution < -0.4 is 9.64 Å². The third-order valence-electron chi connectivity index (χ3n) is 5.35. The average Bonchev–Trinajstić information content (AvgIpc) is 3.46. The van der Waals surface area contributed by atoms with Crippen LogP contribution >= 0.6 is 0 Å². The highest BCUT2D eigenvalue weighted by Gasteiger charge is 2.28. The minimum Gasteiger partial charge on any atom is -0.486 e. The number of amides is 1. The van der Waals surface area contributed by atoms with Gasteiger partial charge in [-0.05, 0) is 49.4 Å². The van der Waals surface area contributed by atoms with Crippen LogP contribution in [0.1, 0.15) is 32.0 Å². The lowest BCUT2D eigenvalue weighted by Crippen LogP contribution is -2.34. The van der Waals surface area contributed by atoms with Gasteiger partial charge in [0.05, 0.1) is 0 Å². The molecule has 0 bridgehead atoms. The van der Waals surface area contributed by atoms with E-state index in [2.05, 4.69) is 19.7 Å². The van der Waals surface area contributed by atoms with E-state index in [1.165, 1.54) is 25.0 Å². The van der Waals surface area contributed by atoms with E-state index in [1.807, 2.05) is 4.90 Å². The van der Waals surface area contributed by atoms with Crippen LogP contribution in [0, 0.1) is 11.7 Å². The van der Waals surface area contributed by atoms with E-state index < -0.39 is 0 Å². The van der Waals surface area contributed by atoms with E-state index in [4.69, 9.17) is 4.74 Å². The topological polar surface area (TPSA) is 63.5 Å². The van der Waals surface area contributed by atoms with E-state index in [1.54, 1.807) is 19.1 Å². The number of hydrogen-bond acceptors (Lipinski definition) is 5. The van der Waals surface area contributed by atoms with Gasteiger partial charge in [0.15, 0.2) is 5.82 Å². The van der Waals surface area contributed by atoms with Crippen molar-refractivity contribution in [3.05, 3.63) is 35.9 Å². The number of carbonyl (C=O) groups excluding carboxylic acids is 1. The normalized spacial score (nSPS) is 17.5. The molecule has 4 rings (SSSR count). The number of rotatable bonds is 6. The number of hydrogen-bond donors (Lipinski definition) is 0. The maximum absolute atomic E-state index is 13.1. The summed E-state index contributed by atoms with van der Waals surface area (Å²) in [6.07, 6.45) is 3.37. The Morgan fingerprint density at radius 3 is 2.64 bits per heavy atom. The Morgan fingerprint density at radius 2 is 1.93 bits per heavy atom. The fourth-order valence-corrected chi connectivity index (χ4v) is 3.52. The van der Waals surface area contributed by atoms with Crippen molar-refractivity contribution in [2.45, 2.75) is 39.3 Å². The van der Waals surface area contributed by atoms with Crippen molar-refractivity contribution in [1.29, 1.82) is 0 Å². The zero-order valence-corrected chi connectivity index (χ0v) is 16.2. The van der Waals surface area contributed by atoms with Gasteiger partial charge in [0.1, 0.15) is 18.2 Å². The number of nitrogens with zero attached hydrogens (tertiary/aromatic N) is 5. The van der Waals surface area contributed by atoms with Gasteiger partial charge in [0, 0.05) is 39.6 Å². The van der Waals surface area contributed by atoms with Crippen molar-refractivity contribution in [2.24, 2.45) is 5.92 Å². The maximum Gasteiger partial charge on any atom is 0.227 e. The Morgan fingerprint density at radius 1 is 1.14 bits per heavy atom. The molecule has 0 radical (unpaired) electrons. The van der Waals surface area contributed by atoms with E-state index >= 15 is 0 Å². The van der Waals surface area contributed by atoms with Crippen LogP contribution in [0.4, 0.5) is 10.3 Å². The zero-order chi connectivity index (χ0) is 19.5.